The van der Waals surface area contributed by atoms with Crippen LogP contribution in [-0.4, -0.2) is 54.6 Å². The van der Waals surface area contributed by atoms with E-state index in [1.165, 1.54) is 5.56 Å². The summed E-state index contributed by atoms with van der Waals surface area (Å²) in [6.45, 7) is 8.55. The number of piperazine rings is 1. The molecule has 0 aromatic heterocycles. The summed E-state index contributed by atoms with van der Waals surface area (Å²) in [4.78, 5) is 4.96. The first-order valence-electron chi connectivity index (χ1n) is 7.34. The second-order valence-electron chi connectivity index (χ2n) is 6.31. The monoisotopic (exact) mass is 295 g/mol. The first kappa shape index (κ1) is 15.8. The lowest BCUT2D eigenvalue weighted by Gasteiger charge is -2.49. The van der Waals surface area contributed by atoms with Gasteiger partial charge < -0.3 is 10.6 Å². The van der Waals surface area contributed by atoms with Crippen LogP contribution >= 0.6 is 11.6 Å². The standard InChI is InChI=1S/C16H26ClN3/c1-13-11-19(3)8-9-20(13)16(2,12-18)10-14-4-6-15(17)7-5-14/h4-7,13H,8-12,18H2,1-3H3. The third kappa shape index (κ3) is 3.53. The van der Waals surface area contributed by atoms with Gasteiger partial charge in [0.25, 0.3) is 0 Å². The van der Waals surface area contributed by atoms with Crippen LogP contribution in [0.1, 0.15) is 19.4 Å². The van der Waals surface area contributed by atoms with Gasteiger partial charge in [-0.3, -0.25) is 4.90 Å². The highest BCUT2D eigenvalue weighted by molar-refractivity contribution is 6.30. The number of halogens is 1. The smallest absolute Gasteiger partial charge is 0.0406 e. The molecule has 2 rings (SSSR count). The number of rotatable bonds is 4. The minimum Gasteiger partial charge on any atom is -0.329 e. The molecule has 1 aromatic rings. The summed E-state index contributed by atoms with van der Waals surface area (Å²) < 4.78 is 0. The molecule has 4 heteroatoms. The lowest BCUT2D eigenvalue weighted by Crippen LogP contribution is -2.62. The van der Waals surface area contributed by atoms with E-state index in [9.17, 15) is 0 Å². The topological polar surface area (TPSA) is 32.5 Å². The summed E-state index contributed by atoms with van der Waals surface area (Å²) >= 11 is 5.96. The molecule has 0 spiro atoms. The zero-order chi connectivity index (χ0) is 14.8. The quantitative estimate of drug-likeness (QED) is 0.925. The van der Waals surface area contributed by atoms with Crippen LogP contribution in [0.4, 0.5) is 0 Å². The van der Waals surface area contributed by atoms with Gasteiger partial charge in [0.2, 0.25) is 0 Å². The number of nitrogens with zero attached hydrogens (tertiary/aromatic N) is 2. The van der Waals surface area contributed by atoms with Crippen LogP contribution in [0, 0.1) is 0 Å². The van der Waals surface area contributed by atoms with Crippen molar-refractivity contribution in [2.24, 2.45) is 5.73 Å². The van der Waals surface area contributed by atoms with Gasteiger partial charge in [0, 0.05) is 42.8 Å². The van der Waals surface area contributed by atoms with Crippen LogP contribution in [0.25, 0.3) is 0 Å². The molecule has 1 saturated heterocycles. The van der Waals surface area contributed by atoms with Gasteiger partial charge in [-0.2, -0.15) is 0 Å². The van der Waals surface area contributed by atoms with Gasteiger partial charge in [0.1, 0.15) is 0 Å². The maximum Gasteiger partial charge on any atom is 0.0406 e. The van der Waals surface area contributed by atoms with E-state index in [1.54, 1.807) is 0 Å². The number of likely N-dealkylation sites (N-methyl/N-ethyl adjacent to an activating group) is 1. The molecule has 0 bridgehead atoms. The Morgan fingerprint density at radius 3 is 2.50 bits per heavy atom. The molecule has 1 aliphatic heterocycles. The van der Waals surface area contributed by atoms with E-state index in [0.29, 0.717) is 12.6 Å². The van der Waals surface area contributed by atoms with Crippen molar-refractivity contribution in [1.82, 2.24) is 9.80 Å². The third-order valence-corrected chi connectivity index (χ3v) is 4.71. The molecule has 1 fully saturated rings. The van der Waals surface area contributed by atoms with Crippen LogP contribution in [0.3, 0.4) is 0 Å². The molecule has 1 heterocycles. The van der Waals surface area contributed by atoms with Crippen molar-refractivity contribution in [3.8, 4) is 0 Å². The molecule has 0 aliphatic carbocycles. The van der Waals surface area contributed by atoms with Crippen molar-refractivity contribution < 1.29 is 0 Å². The fourth-order valence-electron chi connectivity index (χ4n) is 3.27. The first-order valence-corrected chi connectivity index (χ1v) is 7.72. The lowest BCUT2D eigenvalue weighted by atomic mass is 9.88. The first-order chi connectivity index (χ1) is 9.44. The van der Waals surface area contributed by atoms with Crippen LogP contribution in [0.15, 0.2) is 24.3 Å². The lowest BCUT2D eigenvalue weighted by molar-refractivity contribution is 0.0128. The second kappa shape index (κ2) is 6.44. The van der Waals surface area contributed by atoms with E-state index in [2.05, 4.69) is 42.8 Å². The number of nitrogens with two attached hydrogens (primary N) is 1. The van der Waals surface area contributed by atoms with Gasteiger partial charge >= 0.3 is 0 Å². The minimum atomic E-state index is 0.00844. The number of hydrogen-bond donors (Lipinski definition) is 1. The molecule has 2 N–H and O–H groups in total. The van der Waals surface area contributed by atoms with Crippen molar-refractivity contribution in [3.05, 3.63) is 34.9 Å². The van der Waals surface area contributed by atoms with E-state index < -0.39 is 0 Å². The number of benzene rings is 1. The fourth-order valence-corrected chi connectivity index (χ4v) is 3.40. The maximum absolute atomic E-state index is 6.13. The van der Waals surface area contributed by atoms with Crippen LogP contribution in [-0.2, 0) is 6.42 Å². The highest BCUT2D eigenvalue weighted by Gasteiger charge is 2.36. The summed E-state index contributed by atoms with van der Waals surface area (Å²) in [5.41, 5.74) is 7.44. The Labute approximate surface area is 127 Å². The van der Waals surface area contributed by atoms with E-state index in [-0.39, 0.29) is 5.54 Å². The Morgan fingerprint density at radius 1 is 1.30 bits per heavy atom. The predicted octanol–water partition coefficient (Wildman–Crippen LogP) is 2.24. The molecule has 20 heavy (non-hydrogen) atoms. The Bertz CT molecular complexity index is 434. The summed E-state index contributed by atoms with van der Waals surface area (Å²) in [6, 6.07) is 8.67. The molecule has 112 valence electrons. The SMILES string of the molecule is CC1CN(C)CCN1C(C)(CN)Cc1ccc(Cl)cc1. The Hall–Kier alpha value is -0.610. The van der Waals surface area contributed by atoms with E-state index in [0.717, 1.165) is 31.1 Å². The van der Waals surface area contributed by atoms with Gasteiger partial charge in [0.15, 0.2) is 0 Å². The summed E-state index contributed by atoms with van der Waals surface area (Å²) in [5, 5.41) is 0.788. The average Bonchev–Trinajstić information content (AvgIpc) is 2.41. The van der Waals surface area contributed by atoms with E-state index in [4.69, 9.17) is 17.3 Å². The van der Waals surface area contributed by atoms with Gasteiger partial charge in [0.05, 0.1) is 0 Å². The molecule has 2 unspecified atom stereocenters. The van der Waals surface area contributed by atoms with E-state index >= 15 is 0 Å². The van der Waals surface area contributed by atoms with Gasteiger partial charge in [-0.05, 0) is 45.0 Å². The van der Waals surface area contributed by atoms with Crippen molar-refractivity contribution in [2.75, 3.05) is 33.2 Å². The Morgan fingerprint density at radius 2 is 1.95 bits per heavy atom. The Kier molecular flexibility index (Phi) is 5.08. The molecular formula is C16H26ClN3. The molecule has 0 amide bonds. The molecular weight excluding hydrogens is 270 g/mol. The molecule has 1 aliphatic rings. The fraction of sp³-hybridized carbons (Fsp3) is 0.625. The Balaban J connectivity index is 2.13. The van der Waals surface area contributed by atoms with Crippen molar-refractivity contribution >= 4 is 11.6 Å². The zero-order valence-corrected chi connectivity index (χ0v) is 13.5. The van der Waals surface area contributed by atoms with Gasteiger partial charge in [-0.25, -0.2) is 0 Å². The van der Waals surface area contributed by atoms with Crippen molar-refractivity contribution in [1.29, 1.82) is 0 Å². The highest BCUT2D eigenvalue weighted by atomic mass is 35.5. The largest absolute Gasteiger partial charge is 0.329 e. The normalized spacial score (nSPS) is 24.6. The second-order valence-corrected chi connectivity index (χ2v) is 6.75. The van der Waals surface area contributed by atoms with Crippen molar-refractivity contribution in [3.63, 3.8) is 0 Å². The van der Waals surface area contributed by atoms with Crippen LogP contribution < -0.4 is 5.73 Å². The van der Waals surface area contributed by atoms with E-state index in [1.807, 2.05) is 12.1 Å². The summed E-state index contributed by atoms with van der Waals surface area (Å²) in [6.07, 6.45) is 0.967. The highest BCUT2D eigenvalue weighted by Crippen LogP contribution is 2.25. The molecule has 0 saturated carbocycles. The van der Waals surface area contributed by atoms with Crippen LogP contribution in [0.5, 0.6) is 0 Å². The maximum atomic E-state index is 6.13. The zero-order valence-electron chi connectivity index (χ0n) is 12.8. The molecule has 0 radical (unpaired) electrons. The summed E-state index contributed by atoms with van der Waals surface area (Å²) in [7, 11) is 2.19. The average molecular weight is 296 g/mol. The van der Waals surface area contributed by atoms with Crippen molar-refractivity contribution in [2.45, 2.75) is 31.8 Å². The predicted molar refractivity (Wildman–Crippen MR) is 86.3 cm³/mol. The van der Waals surface area contributed by atoms with Crippen LogP contribution in [0.2, 0.25) is 5.02 Å². The minimum absolute atomic E-state index is 0.00844. The van der Waals surface area contributed by atoms with Gasteiger partial charge in [-0.15, -0.1) is 0 Å². The number of hydrogen-bond acceptors (Lipinski definition) is 3. The van der Waals surface area contributed by atoms with Gasteiger partial charge in [-0.1, -0.05) is 23.7 Å². The molecule has 2 atom stereocenters. The molecule has 3 nitrogen and oxygen atoms in total. The molecule has 1 aromatic carbocycles. The third-order valence-electron chi connectivity index (χ3n) is 4.46. The summed E-state index contributed by atoms with van der Waals surface area (Å²) in [5.74, 6) is 0.